The number of amides is 1. The van der Waals surface area contributed by atoms with Crippen molar-refractivity contribution in [3.05, 3.63) is 56.9 Å². The number of likely N-dealkylation sites (N-methyl/N-ethyl adjacent to an activating group) is 1. The van der Waals surface area contributed by atoms with Crippen molar-refractivity contribution in [3.63, 3.8) is 0 Å². The van der Waals surface area contributed by atoms with Crippen molar-refractivity contribution in [1.29, 1.82) is 0 Å². The lowest BCUT2D eigenvalue weighted by molar-refractivity contribution is -0.132. The Morgan fingerprint density at radius 1 is 1.22 bits per heavy atom. The van der Waals surface area contributed by atoms with E-state index in [4.69, 9.17) is 9.47 Å². The van der Waals surface area contributed by atoms with Gasteiger partial charge in [0, 0.05) is 18.2 Å². The van der Waals surface area contributed by atoms with Gasteiger partial charge in [-0.2, -0.15) is 0 Å². The molecule has 5 aliphatic rings. The third-order valence-electron chi connectivity index (χ3n) is 6.88. The first-order valence-corrected chi connectivity index (χ1v) is 12.2. The molecule has 1 atom stereocenters. The highest BCUT2D eigenvalue weighted by Crippen LogP contribution is 2.57. The molecule has 0 radical (unpaired) electrons. The lowest BCUT2D eigenvalue weighted by Gasteiger charge is -2.27. The Bertz CT molecular complexity index is 1070. The first-order valence-electron chi connectivity index (χ1n) is 11.4. The fraction of sp³-hybridized carbons (Fsp3) is 0.480. The number of carbonyl (C=O) groups excluding carboxylic acids is 2. The first-order chi connectivity index (χ1) is 15.5. The van der Waals surface area contributed by atoms with E-state index >= 15 is 0 Å². The monoisotopic (exact) mass is 452 g/mol. The lowest BCUT2D eigenvalue weighted by Crippen LogP contribution is -2.27. The zero-order valence-corrected chi connectivity index (χ0v) is 19.6. The van der Waals surface area contributed by atoms with E-state index in [9.17, 15) is 9.59 Å². The van der Waals surface area contributed by atoms with Crippen molar-refractivity contribution in [3.8, 4) is 0 Å². The van der Waals surface area contributed by atoms with Gasteiger partial charge in [0.05, 0.1) is 31.8 Å². The number of hydrogen-bond acceptors (Lipinski definition) is 6. The molecule has 0 aromatic heterocycles. The molecule has 0 N–H and O–H groups in total. The molecule has 2 heterocycles. The number of ether oxygens (including phenoxy) is 2. The van der Waals surface area contributed by atoms with Crippen LogP contribution in [-0.2, 0) is 19.1 Å². The largest absolute Gasteiger partial charge is 0.497 e. The molecule has 1 fully saturated rings. The molecule has 0 aromatic carbocycles. The van der Waals surface area contributed by atoms with Crippen LogP contribution < -0.4 is 0 Å². The fourth-order valence-corrected chi connectivity index (χ4v) is 6.60. The van der Waals surface area contributed by atoms with Crippen LogP contribution in [0.1, 0.15) is 39.0 Å². The van der Waals surface area contributed by atoms with E-state index in [-0.39, 0.29) is 18.4 Å². The summed E-state index contributed by atoms with van der Waals surface area (Å²) in [4.78, 5) is 32.5. The van der Waals surface area contributed by atoms with Crippen LogP contribution in [0.25, 0.3) is 0 Å². The van der Waals surface area contributed by atoms with Gasteiger partial charge in [-0.05, 0) is 54.1 Å². The van der Waals surface area contributed by atoms with Crippen LogP contribution >= 0.6 is 11.8 Å². The quantitative estimate of drug-likeness (QED) is 0.596. The molecule has 32 heavy (non-hydrogen) atoms. The predicted molar refractivity (Wildman–Crippen MR) is 125 cm³/mol. The minimum Gasteiger partial charge on any atom is -0.497 e. The molecular formula is C25H28N2O4S. The molecule has 0 aromatic rings. The minimum absolute atomic E-state index is 0.00465. The highest BCUT2D eigenvalue weighted by Gasteiger charge is 2.46. The summed E-state index contributed by atoms with van der Waals surface area (Å²) < 4.78 is 11.0. The Morgan fingerprint density at radius 2 is 2.00 bits per heavy atom. The van der Waals surface area contributed by atoms with Crippen molar-refractivity contribution in [2.75, 3.05) is 27.3 Å². The Labute approximate surface area is 192 Å². The highest BCUT2D eigenvalue weighted by atomic mass is 32.2. The van der Waals surface area contributed by atoms with Crippen molar-refractivity contribution < 1.29 is 19.1 Å². The van der Waals surface area contributed by atoms with Crippen LogP contribution in [0.3, 0.4) is 0 Å². The number of fused-ring (bicyclic) bond motifs is 4. The smallest absolute Gasteiger partial charge is 0.363 e. The third-order valence-corrected chi connectivity index (χ3v) is 8.02. The topological polar surface area (TPSA) is 68.2 Å². The number of rotatable bonds is 4. The van der Waals surface area contributed by atoms with E-state index < -0.39 is 5.97 Å². The highest BCUT2D eigenvalue weighted by molar-refractivity contribution is 8.19. The number of carbonyl (C=O) groups is 2. The summed E-state index contributed by atoms with van der Waals surface area (Å²) in [5, 5.41) is 0.310. The fourth-order valence-electron chi connectivity index (χ4n) is 5.50. The molecular weight excluding hydrogens is 424 g/mol. The molecule has 3 aliphatic carbocycles. The average molecular weight is 453 g/mol. The van der Waals surface area contributed by atoms with Gasteiger partial charge in [-0.15, -0.1) is 0 Å². The number of methoxy groups -OCH3 is 1. The van der Waals surface area contributed by atoms with E-state index in [0.29, 0.717) is 23.1 Å². The Balaban J connectivity index is 1.69. The molecule has 7 heteroatoms. The van der Waals surface area contributed by atoms with Crippen LogP contribution in [0.4, 0.5) is 0 Å². The zero-order chi connectivity index (χ0) is 22.4. The second kappa shape index (κ2) is 8.43. The Morgan fingerprint density at radius 3 is 2.72 bits per heavy atom. The number of nitrogens with zero attached hydrogens (tertiary/aromatic N) is 2. The van der Waals surface area contributed by atoms with E-state index in [1.807, 2.05) is 13.1 Å². The third kappa shape index (κ3) is 3.29. The molecule has 6 nitrogen and oxygen atoms in total. The molecule has 0 spiro atoms. The summed E-state index contributed by atoms with van der Waals surface area (Å²) in [6.07, 6.45) is 12.3. The SMILES string of the molecule is CCOC1=CC=C2C(C3CCCCC3)=C3C(=CN(C)C(=O)C4=C3SC(C(=O)OC)=NC4)C12. The second-order valence-electron chi connectivity index (χ2n) is 8.70. The summed E-state index contributed by atoms with van der Waals surface area (Å²) in [6.45, 7) is 2.79. The van der Waals surface area contributed by atoms with E-state index in [1.54, 1.807) is 11.9 Å². The lowest BCUT2D eigenvalue weighted by atomic mass is 9.80. The van der Waals surface area contributed by atoms with Crippen molar-refractivity contribution >= 4 is 28.7 Å². The molecule has 0 bridgehead atoms. The maximum absolute atomic E-state index is 13.3. The van der Waals surface area contributed by atoms with Gasteiger partial charge in [0.25, 0.3) is 5.91 Å². The first kappa shape index (κ1) is 21.3. The van der Waals surface area contributed by atoms with E-state index in [2.05, 4.69) is 17.1 Å². The van der Waals surface area contributed by atoms with Crippen molar-refractivity contribution in [2.45, 2.75) is 39.0 Å². The zero-order valence-electron chi connectivity index (χ0n) is 18.8. The number of allylic oxidation sites excluding steroid dienone is 5. The van der Waals surface area contributed by atoms with Crippen LogP contribution in [0.5, 0.6) is 0 Å². The van der Waals surface area contributed by atoms with Gasteiger partial charge in [-0.25, -0.2) is 4.79 Å². The van der Waals surface area contributed by atoms with Gasteiger partial charge in [0.15, 0.2) is 5.04 Å². The van der Waals surface area contributed by atoms with E-state index in [1.165, 1.54) is 49.3 Å². The standard InChI is InChI=1S/C25H28N2O4S/c1-4-31-18-11-10-15-19(14-8-6-5-7-9-14)21-17(20(15)18)13-27(2)24(28)16-12-26-23(25(29)30-3)32-22(16)21/h10-11,13-14,20H,4-9,12H2,1-3H3. The normalized spacial score (nSPS) is 25.4. The predicted octanol–water partition coefficient (Wildman–Crippen LogP) is 4.28. The van der Waals surface area contributed by atoms with Gasteiger partial charge in [0.2, 0.25) is 0 Å². The van der Waals surface area contributed by atoms with Crippen LogP contribution in [0, 0.1) is 11.8 Å². The maximum atomic E-state index is 13.3. The maximum Gasteiger partial charge on any atom is 0.363 e. The number of esters is 1. The summed E-state index contributed by atoms with van der Waals surface area (Å²) in [7, 11) is 3.16. The molecule has 1 amide bonds. The summed E-state index contributed by atoms with van der Waals surface area (Å²) in [5.74, 6) is 0.864. The molecule has 0 saturated heterocycles. The van der Waals surface area contributed by atoms with Gasteiger partial charge < -0.3 is 14.4 Å². The van der Waals surface area contributed by atoms with Gasteiger partial charge >= 0.3 is 5.97 Å². The summed E-state index contributed by atoms with van der Waals surface area (Å²) in [5.41, 5.74) is 5.49. The molecule has 168 valence electrons. The van der Waals surface area contributed by atoms with Crippen LogP contribution in [-0.4, -0.2) is 49.1 Å². The molecule has 2 aliphatic heterocycles. The second-order valence-corrected chi connectivity index (χ2v) is 9.70. The molecule has 1 saturated carbocycles. The Kier molecular flexibility index (Phi) is 5.61. The molecule has 5 rings (SSSR count). The molecule has 1 unspecified atom stereocenters. The summed E-state index contributed by atoms with van der Waals surface area (Å²) >= 11 is 1.29. The van der Waals surface area contributed by atoms with E-state index in [0.717, 1.165) is 34.7 Å². The van der Waals surface area contributed by atoms with Gasteiger partial charge in [-0.1, -0.05) is 37.1 Å². The Hall–Kier alpha value is -2.54. The summed E-state index contributed by atoms with van der Waals surface area (Å²) in [6, 6.07) is 0. The number of thioether (sulfide) groups is 1. The van der Waals surface area contributed by atoms with Crippen LogP contribution in [0.2, 0.25) is 0 Å². The number of hydrogen-bond donors (Lipinski definition) is 0. The van der Waals surface area contributed by atoms with Crippen molar-refractivity contribution in [2.24, 2.45) is 16.8 Å². The van der Waals surface area contributed by atoms with Gasteiger partial charge in [0.1, 0.15) is 5.76 Å². The van der Waals surface area contributed by atoms with Crippen molar-refractivity contribution in [1.82, 2.24) is 4.90 Å². The average Bonchev–Trinajstić information content (AvgIpc) is 3.34. The van der Waals surface area contributed by atoms with Gasteiger partial charge in [-0.3, -0.25) is 9.79 Å². The number of aliphatic imine (C=N–C) groups is 1. The van der Waals surface area contributed by atoms with Crippen LogP contribution in [0.15, 0.2) is 61.9 Å². The minimum atomic E-state index is -0.454.